The van der Waals surface area contributed by atoms with E-state index in [1.165, 1.54) is 5.69 Å². The Kier molecular flexibility index (Phi) is 4.24. The van der Waals surface area contributed by atoms with Crippen molar-refractivity contribution >= 4 is 17.3 Å². The van der Waals surface area contributed by atoms with Gasteiger partial charge in [0.2, 0.25) is 0 Å². The number of alkyl halides is 1. The summed E-state index contributed by atoms with van der Waals surface area (Å²) in [6.07, 6.45) is 1.85. The van der Waals surface area contributed by atoms with E-state index in [1.54, 1.807) is 0 Å². The molecule has 3 nitrogen and oxygen atoms in total. The van der Waals surface area contributed by atoms with Crippen molar-refractivity contribution in [2.45, 2.75) is 25.8 Å². The molecule has 2 rings (SSSR count). The lowest BCUT2D eigenvalue weighted by molar-refractivity contribution is 0.199. The Morgan fingerprint density at radius 2 is 2.29 bits per heavy atom. The number of piperazine rings is 1. The molecule has 1 aliphatic rings. The molecular formula is C13H20ClN3. The molecule has 17 heavy (non-hydrogen) atoms. The van der Waals surface area contributed by atoms with Crippen LogP contribution in [0.1, 0.15) is 19.5 Å². The van der Waals surface area contributed by atoms with E-state index < -0.39 is 0 Å². The van der Waals surface area contributed by atoms with Gasteiger partial charge in [0, 0.05) is 37.6 Å². The molecule has 0 N–H and O–H groups in total. The van der Waals surface area contributed by atoms with Gasteiger partial charge in [0.05, 0.1) is 11.6 Å². The Hall–Kier alpha value is -0.800. The first kappa shape index (κ1) is 12.7. The summed E-state index contributed by atoms with van der Waals surface area (Å²) in [6.45, 7) is 8.96. The van der Waals surface area contributed by atoms with Crippen LogP contribution >= 0.6 is 11.6 Å². The third-order valence-corrected chi connectivity index (χ3v) is 3.75. The van der Waals surface area contributed by atoms with Crippen molar-refractivity contribution in [2.24, 2.45) is 0 Å². The lowest BCUT2D eigenvalue weighted by atomic mass is 10.1. The Labute approximate surface area is 108 Å². The summed E-state index contributed by atoms with van der Waals surface area (Å²) in [5.74, 6) is 0.484. The number of likely N-dealkylation sites (N-methyl/N-ethyl adjacent to an activating group) is 1. The van der Waals surface area contributed by atoms with Gasteiger partial charge >= 0.3 is 0 Å². The first-order chi connectivity index (χ1) is 8.24. The normalized spacial score (nSPS) is 21.8. The molecule has 0 bridgehead atoms. The molecule has 1 aromatic heterocycles. The zero-order chi connectivity index (χ0) is 12.3. The monoisotopic (exact) mass is 253 g/mol. The molecule has 0 aliphatic carbocycles. The van der Waals surface area contributed by atoms with Crippen LogP contribution in [0.15, 0.2) is 18.3 Å². The lowest BCUT2D eigenvalue weighted by Crippen LogP contribution is -2.51. The Morgan fingerprint density at radius 1 is 1.47 bits per heavy atom. The molecule has 0 amide bonds. The third kappa shape index (κ3) is 2.90. The molecule has 94 valence electrons. The number of hydrogen-bond acceptors (Lipinski definition) is 3. The summed E-state index contributed by atoms with van der Waals surface area (Å²) in [4.78, 5) is 9.17. The SMILES string of the molecule is CCN1CCN(c2ccnc(CCl)c2)CC1C. The fourth-order valence-electron chi connectivity index (χ4n) is 2.43. The summed E-state index contributed by atoms with van der Waals surface area (Å²) in [5, 5.41) is 0. The van der Waals surface area contributed by atoms with Crippen molar-refractivity contribution in [3.63, 3.8) is 0 Å². The van der Waals surface area contributed by atoms with Gasteiger partial charge < -0.3 is 4.90 Å². The second-order valence-electron chi connectivity index (χ2n) is 4.56. The Bertz CT molecular complexity index is 369. The first-order valence-electron chi connectivity index (χ1n) is 6.24. The fraction of sp³-hybridized carbons (Fsp3) is 0.615. The second-order valence-corrected chi connectivity index (χ2v) is 4.83. The first-order valence-corrected chi connectivity index (χ1v) is 6.78. The summed E-state index contributed by atoms with van der Waals surface area (Å²) >= 11 is 5.82. The summed E-state index contributed by atoms with van der Waals surface area (Å²) < 4.78 is 0. The predicted molar refractivity (Wildman–Crippen MR) is 72.7 cm³/mol. The predicted octanol–water partition coefficient (Wildman–Crippen LogP) is 2.35. The third-order valence-electron chi connectivity index (χ3n) is 3.47. The maximum atomic E-state index is 5.82. The van der Waals surface area contributed by atoms with E-state index in [4.69, 9.17) is 11.6 Å². The van der Waals surface area contributed by atoms with Gasteiger partial charge in [0.1, 0.15) is 0 Å². The number of anilines is 1. The summed E-state index contributed by atoms with van der Waals surface area (Å²) in [6, 6.07) is 4.78. The minimum absolute atomic E-state index is 0.484. The minimum Gasteiger partial charge on any atom is -0.369 e. The van der Waals surface area contributed by atoms with Gasteiger partial charge in [0.15, 0.2) is 0 Å². The molecule has 0 radical (unpaired) electrons. The van der Waals surface area contributed by atoms with E-state index in [-0.39, 0.29) is 0 Å². The molecule has 1 aromatic rings. The van der Waals surface area contributed by atoms with Gasteiger partial charge in [-0.2, -0.15) is 0 Å². The van der Waals surface area contributed by atoms with Gasteiger partial charge in [-0.25, -0.2) is 0 Å². The molecule has 0 saturated carbocycles. The molecule has 1 fully saturated rings. The summed E-state index contributed by atoms with van der Waals surface area (Å²) in [7, 11) is 0. The van der Waals surface area contributed by atoms with Crippen molar-refractivity contribution in [1.29, 1.82) is 0 Å². The zero-order valence-electron chi connectivity index (χ0n) is 10.6. The summed E-state index contributed by atoms with van der Waals surface area (Å²) in [5.41, 5.74) is 2.20. The number of pyridine rings is 1. The Balaban J connectivity index is 2.08. The smallest absolute Gasteiger partial charge is 0.0648 e. The van der Waals surface area contributed by atoms with Gasteiger partial charge in [-0.3, -0.25) is 9.88 Å². The van der Waals surface area contributed by atoms with Crippen LogP contribution in [-0.4, -0.2) is 42.1 Å². The average Bonchev–Trinajstić information content (AvgIpc) is 2.38. The van der Waals surface area contributed by atoms with Crippen LogP contribution in [0.25, 0.3) is 0 Å². The topological polar surface area (TPSA) is 19.4 Å². The number of rotatable bonds is 3. The van der Waals surface area contributed by atoms with E-state index in [0.717, 1.165) is 31.9 Å². The molecule has 4 heteroatoms. The average molecular weight is 254 g/mol. The van der Waals surface area contributed by atoms with Crippen LogP contribution in [-0.2, 0) is 5.88 Å². The number of aromatic nitrogens is 1. The van der Waals surface area contributed by atoms with Gasteiger partial charge in [0.25, 0.3) is 0 Å². The van der Waals surface area contributed by atoms with Crippen molar-refractivity contribution in [2.75, 3.05) is 31.1 Å². The van der Waals surface area contributed by atoms with Crippen LogP contribution < -0.4 is 4.90 Å². The van der Waals surface area contributed by atoms with E-state index in [2.05, 4.69) is 40.8 Å². The Morgan fingerprint density at radius 3 is 2.94 bits per heavy atom. The molecule has 0 spiro atoms. The fourth-order valence-corrected chi connectivity index (χ4v) is 2.58. The number of nitrogens with zero attached hydrogens (tertiary/aromatic N) is 3. The molecule has 1 saturated heterocycles. The molecule has 1 aliphatic heterocycles. The van der Waals surface area contributed by atoms with Gasteiger partial charge in [-0.05, 0) is 25.6 Å². The molecule has 1 atom stereocenters. The highest BCUT2D eigenvalue weighted by Crippen LogP contribution is 2.19. The zero-order valence-corrected chi connectivity index (χ0v) is 11.3. The van der Waals surface area contributed by atoms with Crippen molar-refractivity contribution in [3.8, 4) is 0 Å². The lowest BCUT2D eigenvalue weighted by Gasteiger charge is -2.40. The largest absolute Gasteiger partial charge is 0.369 e. The molecule has 0 aromatic carbocycles. The van der Waals surface area contributed by atoms with E-state index in [9.17, 15) is 0 Å². The molecule has 1 unspecified atom stereocenters. The van der Waals surface area contributed by atoms with Gasteiger partial charge in [-0.1, -0.05) is 6.92 Å². The van der Waals surface area contributed by atoms with E-state index in [1.807, 2.05) is 6.20 Å². The standard InChI is InChI=1S/C13H20ClN3/c1-3-16-6-7-17(10-11(16)2)13-4-5-15-12(8-13)9-14/h4-5,8,11H,3,6-7,9-10H2,1-2H3. The molecule has 2 heterocycles. The molecular weight excluding hydrogens is 234 g/mol. The second kappa shape index (κ2) is 5.69. The van der Waals surface area contributed by atoms with Crippen LogP contribution in [0.2, 0.25) is 0 Å². The van der Waals surface area contributed by atoms with E-state index in [0.29, 0.717) is 11.9 Å². The maximum Gasteiger partial charge on any atom is 0.0648 e. The van der Waals surface area contributed by atoms with Crippen LogP contribution in [0.3, 0.4) is 0 Å². The highest BCUT2D eigenvalue weighted by atomic mass is 35.5. The quantitative estimate of drug-likeness (QED) is 0.771. The highest BCUT2D eigenvalue weighted by molar-refractivity contribution is 6.16. The van der Waals surface area contributed by atoms with Crippen LogP contribution in [0, 0.1) is 0 Å². The highest BCUT2D eigenvalue weighted by Gasteiger charge is 2.22. The van der Waals surface area contributed by atoms with Crippen molar-refractivity contribution in [1.82, 2.24) is 9.88 Å². The van der Waals surface area contributed by atoms with Crippen LogP contribution in [0.5, 0.6) is 0 Å². The number of halogens is 1. The maximum absolute atomic E-state index is 5.82. The van der Waals surface area contributed by atoms with Gasteiger partial charge in [-0.15, -0.1) is 11.6 Å². The minimum atomic E-state index is 0.484. The number of hydrogen-bond donors (Lipinski definition) is 0. The van der Waals surface area contributed by atoms with Crippen molar-refractivity contribution < 1.29 is 0 Å². The van der Waals surface area contributed by atoms with Crippen LogP contribution in [0.4, 0.5) is 5.69 Å². The van der Waals surface area contributed by atoms with E-state index >= 15 is 0 Å². The van der Waals surface area contributed by atoms with Crippen molar-refractivity contribution in [3.05, 3.63) is 24.0 Å².